The zero-order valence-electron chi connectivity index (χ0n) is 9.54. The molecule has 92 valence electrons. The Labute approximate surface area is 98.7 Å². The summed E-state index contributed by atoms with van der Waals surface area (Å²) in [6.45, 7) is 2.52. The molecule has 0 bridgehead atoms. The minimum atomic E-state index is -0.882. The van der Waals surface area contributed by atoms with Crippen LogP contribution >= 0.6 is 0 Å². The number of hydrogen-bond donors (Lipinski definition) is 2. The number of aliphatic carboxylic acids is 1. The summed E-state index contributed by atoms with van der Waals surface area (Å²) in [6.07, 6.45) is 5.63. The van der Waals surface area contributed by atoms with E-state index in [4.69, 9.17) is 5.11 Å². The molecular weight excluding hydrogens is 222 g/mol. The van der Waals surface area contributed by atoms with E-state index in [0.717, 1.165) is 0 Å². The fraction of sp³-hybridized carbons (Fsp3) is 0.545. The number of aromatic nitrogens is 2. The largest absolute Gasteiger partial charge is 0.481 e. The Morgan fingerprint density at radius 1 is 1.59 bits per heavy atom. The van der Waals surface area contributed by atoms with Gasteiger partial charge in [0.25, 0.3) is 0 Å². The van der Waals surface area contributed by atoms with Crippen LogP contribution in [0.15, 0.2) is 18.7 Å². The third kappa shape index (κ3) is 2.83. The number of carboxylic acids is 1. The van der Waals surface area contributed by atoms with E-state index in [2.05, 4.69) is 10.3 Å². The Hall–Kier alpha value is -1.85. The van der Waals surface area contributed by atoms with Crippen molar-refractivity contribution in [2.75, 3.05) is 0 Å². The van der Waals surface area contributed by atoms with Gasteiger partial charge in [0.1, 0.15) is 0 Å². The van der Waals surface area contributed by atoms with Crippen LogP contribution in [-0.2, 0) is 16.1 Å². The minimum Gasteiger partial charge on any atom is -0.481 e. The maximum Gasteiger partial charge on any atom is 0.307 e. The number of carbonyl (C=O) groups excluding carboxylic acids is 1. The van der Waals surface area contributed by atoms with Crippen molar-refractivity contribution in [3.63, 3.8) is 0 Å². The number of hydrogen-bond acceptors (Lipinski definition) is 3. The summed E-state index contributed by atoms with van der Waals surface area (Å²) in [5.74, 6) is -1.88. The lowest BCUT2D eigenvalue weighted by molar-refractivity contribution is -0.140. The quantitative estimate of drug-likeness (QED) is 0.761. The highest BCUT2D eigenvalue weighted by Crippen LogP contribution is 2.38. The first-order valence-corrected chi connectivity index (χ1v) is 5.57. The molecule has 1 heterocycles. The van der Waals surface area contributed by atoms with Crippen molar-refractivity contribution in [3.05, 3.63) is 18.7 Å². The zero-order chi connectivity index (χ0) is 12.4. The molecule has 1 fully saturated rings. The van der Waals surface area contributed by atoms with Gasteiger partial charge in [-0.25, -0.2) is 4.98 Å². The summed E-state index contributed by atoms with van der Waals surface area (Å²) in [7, 11) is 0. The van der Waals surface area contributed by atoms with Gasteiger partial charge in [-0.2, -0.15) is 0 Å². The second-order valence-electron chi connectivity index (χ2n) is 4.46. The van der Waals surface area contributed by atoms with Gasteiger partial charge in [0.05, 0.1) is 18.2 Å². The molecule has 0 aromatic carbocycles. The smallest absolute Gasteiger partial charge is 0.307 e. The molecule has 1 saturated carbocycles. The highest BCUT2D eigenvalue weighted by molar-refractivity contribution is 5.89. The van der Waals surface area contributed by atoms with Crippen LogP contribution in [0.2, 0.25) is 0 Å². The van der Waals surface area contributed by atoms with E-state index in [1.165, 1.54) is 0 Å². The molecule has 0 radical (unpaired) electrons. The SMILES string of the molecule is CC(Cn1ccnc1)NC(=O)[C@@H]1C[C@@H]1C(=O)O. The second kappa shape index (κ2) is 4.57. The summed E-state index contributed by atoms with van der Waals surface area (Å²) in [4.78, 5) is 26.2. The number of nitrogens with one attached hydrogen (secondary N) is 1. The zero-order valence-corrected chi connectivity index (χ0v) is 9.54. The molecule has 2 N–H and O–H groups in total. The second-order valence-corrected chi connectivity index (χ2v) is 4.46. The van der Waals surface area contributed by atoms with Crippen LogP contribution in [0.25, 0.3) is 0 Å². The normalized spacial score (nSPS) is 24.1. The summed E-state index contributed by atoms with van der Waals surface area (Å²) in [5.41, 5.74) is 0. The van der Waals surface area contributed by atoms with Gasteiger partial charge in [0.2, 0.25) is 5.91 Å². The van der Waals surface area contributed by atoms with E-state index in [-0.39, 0.29) is 17.9 Å². The monoisotopic (exact) mass is 237 g/mol. The summed E-state index contributed by atoms with van der Waals surface area (Å²) in [5, 5.41) is 11.5. The maximum absolute atomic E-state index is 11.7. The molecule has 17 heavy (non-hydrogen) atoms. The average Bonchev–Trinajstić information content (AvgIpc) is 2.92. The molecular formula is C11H15N3O3. The molecule has 0 spiro atoms. The first-order valence-electron chi connectivity index (χ1n) is 5.57. The lowest BCUT2D eigenvalue weighted by atomic mass is 10.2. The highest BCUT2D eigenvalue weighted by atomic mass is 16.4. The molecule has 3 atom stereocenters. The van der Waals surface area contributed by atoms with Crippen molar-refractivity contribution in [1.29, 1.82) is 0 Å². The van der Waals surface area contributed by atoms with E-state index < -0.39 is 11.9 Å². The van der Waals surface area contributed by atoms with Gasteiger partial charge in [0, 0.05) is 25.0 Å². The molecule has 1 aliphatic carbocycles. The fourth-order valence-electron chi connectivity index (χ4n) is 1.86. The number of nitrogens with zero attached hydrogens (tertiary/aromatic N) is 2. The fourth-order valence-corrected chi connectivity index (χ4v) is 1.86. The van der Waals surface area contributed by atoms with Crippen LogP contribution in [-0.4, -0.2) is 32.6 Å². The topological polar surface area (TPSA) is 84.2 Å². The van der Waals surface area contributed by atoms with Gasteiger partial charge >= 0.3 is 5.97 Å². The lowest BCUT2D eigenvalue weighted by Gasteiger charge is -2.14. The van der Waals surface area contributed by atoms with Gasteiger partial charge in [-0.3, -0.25) is 9.59 Å². The highest BCUT2D eigenvalue weighted by Gasteiger charge is 2.48. The van der Waals surface area contributed by atoms with Crippen molar-refractivity contribution in [2.24, 2.45) is 11.8 Å². The molecule has 6 nitrogen and oxygen atoms in total. The predicted octanol–water partition coefficient (Wildman–Crippen LogP) is 0.108. The maximum atomic E-state index is 11.7. The van der Waals surface area contributed by atoms with Crippen molar-refractivity contribution in [1.82, 2.24) is 14.9 Å². The van der Waals surface area contributed by atoms with Crippen LogP contribution in [0, 0.1) is 11.8 Å². The van der Waals surface area contributed by atoms with E-state index >= 15 is 0 Å². The Balaban J connectivity index is 1.78. The third-order valence-corrected chi connectivity index (χ3v) is 2.88. The van der Waals surface area contributed by atoms with Gasteiger partial charge in [-0.15, -0.1) is 0 Å². The molecule has 1 amide bonds. The third-order valence-electron chi connectivity index (χ3n) is 2.88. The number of rotatable bonds is 5. The van der Waals surface area contributed by atoms with Crippen LogP contribution in [0.4, 0.5) is 0 Å². The molecule has 1 aromatic heterocycles. The number of amides is 1. The van der Waals surface area contributed by atoms with Crippen LogP contribution in [0.3, 0.4) is 0 Å². The van der Waals surface area contributed by atoms with E-state index in [0.29, 0.717) is 13.0 Å². The van der Waals surface area contributed by atoms with Crippen molar-refractivity contribution in [2.45, 2.75) is 25.9 Å². The summed E-state index contributed by atoms with van der Waals surface area (Å²) in [6, 6.07) is -0.0354. The molecule has 1 aliphatic rings. The first-order chi connectivity index (χ1) is 8.08. The Kier molecular flexibility index (Phi) is 3.12. The molecule has 2 rings (SSSR count). The minimum absolute atomic E-state index is 0.0354. The van der Waals surface area contributed by atoms with Gasteiger partial charge in [-0.05, 0) is 13.3 Å². The van der Waals surface area contributed by atoms with Crippen molar-refractivity contribution in [3.8, 4) is 0 Å². The Morgan fingerprint density at radius 3 is 2.88 bits per heavy atom. The first kappa shape index (κ1) is 11.6. The molecule has 6 heteroatoms. The van der Waals surface area contributed by atoms with Crippen LogP contribution in [0.5, 0.6) is 0 Å². The Morgan fingerprint density at radius 2 is 2.35 bits per heavy atom. The molecule has 1 unspecified atom stereocenters. The Bertz CT molecular complexity index is 416. The summed E-state index contributed by atoms with van der Waals surface area (Å²) >= 11 is 0. The standard InChI is InChI=1S/C11H15N3O3/c1-7(5-14-3-2-12-6-14)13-10(15)8-4-9(8)11(16)17/h2-3,6-9H,4-5H2,1H3,(H,13,15)(H,16,17)/t7?,8-,9+/m1/s1. The molecule has 0 saturated heterocycles. The van der Waals surface area contributed by atoms with Gasteiger partial charge in [0.15, 0.2) is 0 Å². The van der Waals surface area contributed by atoms with Gasteiger partial charge in [-0.1, -0.05) is 0 Å². The molecule has 0 aliphatic heterocycles. The van der Waals surface area contributed by atoms with Crippen LogP contribution in [0.1, 0.15) is 13.3 Å². The van der Waals surface area contributed by atoms with E-state index in [1.807, 2.05) is 17.7 Å². The average molecular weight is 237 g/mol. The number of imidazole rings is 1. The molecule has 1 aromatic rings. The number of carbonyl (C=O) groups is 2. The van der Waals surface area contributed by atoms with Crippen molar-refractivity contribution >= 4 is 11.9 Å². The lowest BCUT2D eigenvalue weighted by Crippen LogP contribution is -2.37. The van der Waals surface area contributed by atoms with Gasteiger partial charge < -0.3 is 15.0 Å². The van der Waals surface area contributed by atoms with Crippen LogP contribution < -0.4 is 5.32 Å². The predicted molar refractivity (Wildman–Crippen MR) is 59.1 cm³/mol. The summed E-state index contributed by atoms with van der Waals surface area (Å²) < 4.78 is 1.87. The van der Waals surface area contributed by atoms with E-state index in [9.17, 15) is 9.59 Å². The van der Waals surface area contributed by atoms with Crippen molar-refractivity contribution < 1.29 is 14.7 Å². The van der Waals surface area contributed by atoms with E-state index in [1.54, 1.807) is 12.5 Å². The number of carboxylic acid groups (broad SMARTS) is 1.